The van der Waals surface area contributed by atoms with Gasteiger partial charge in [-0.15, -0.1) is 0 Å². The van der Waals surface area contributed by atoms with Crippen LogP contribution in [-0.2, 0) is 4.74 Å². The highest BCUT2D eigenvalue weighted by Crippen LogP contribution is 2.27. The molecule has 1 aliphatic carbocycles. The monoisotopic (exact) mass is 256 g/mol. The normalized spacial score (nSPS) is 26.5. The van der Waals surface area contributed by atoms with Crippen molar-refractivity contribution in [3.05, 3.63) is 0 Å². The molecule has 1 N–H and O–H groups in total. The highest BCUT2D eigenvalue weighted by atomic mass is 16.5. The third-order valence-corrected chi connectivity index (χ3v) is 4.40. The number of likely N-dealkylation sites (N-methyl/N-ethyl adjacent to an activating group) is 1. The molecule has 0 amide bonds. The van der Waals surface area contributed by atoms with Gasteiger partial charge in [0.1, 0.15) is 0 Å². The summed E-state index contributed by atoms with van der Waals surface area (Å²) < 4.78 is 5.05. The Balaban J connectivity index is 2.14. The van der Waals surface area contributed by atoms with E-state index in [1.807, 2.05) is 0 Å². The molecule has 1 unspecified atom stereocenters. The van der Waals surface area contributed by atoms with Crippen LogP contribution in [0.15, 0.2) is 0 Å². The second-order valence-corrected chi connectivity index (χ2v) is 5.98. The average molecular weight is 256 g/mol. The van der Waals surface area contributed by atoms with Gasteiger partial charge in [0, 0.05) is 32.3 Å². The fraction of sp³-hybridized carbons (Fsp3) is 1.00. The predicted molar refractivity (Wildman–Crippen MR) is 78.0 cm³/mol. The van der Waals surface area contributed by atoms with Gasteiger partial charge in [0.25, 0.3) is 0 Å². The lowest BCUT2D eigenvalue weighted by atomic mass is 9.86. The van der Waals surface area contributed by atoms with Crippen LogP contribution in [0.4, 0.5) is 0 Å². The molecule has 0 radical (unpaired) electrons. The maximum atomic E-state index is 5.05. The Hall–Kier alpha value is -0.120. The van der Waals surface area contributed by atoms with Crippen molar-refractivity contribution in [2.45, 2.75) is 58.0 Å². The van der Waals surface area contributed by atoms with Gasteiger partial charge in [0.05, 0.1) is 0 Å². The van der Waals surface area contributed by atoms with E-state index in [1.54, 1.807) is 7.11 Å². The van der Waals surface area contributed by atoms with Gasteiger partial charge in [-0.05, 0) is 58.5 Å². The van der Waals surface area contributed by atoms with Crippen LogP contribution in [0.5, 0.6) is 0 Å². The Bertz CT molecular complexity index is 203. The molecular formula is C15H32N2O. The molecule has 18 heavy (non-hydrogen) atoms. The predicted octanol–water partition coefficient (Wildman–Crippen LogP) is 2.51. The number of ether oxygens (including phenoxy) is 1. The Morgan fingerprint density at radius 3 is 2.56 bits per heavy atom. The van der Waals surface area contributed by atoms with Crippen LogP contribution < -0.4 is 5.32 Å². The van der Waals surface area contributed by atoms with Gasteiger partial charge in [-0.2, -0.15) is 0 Å². The summed E-state index contributed by atoms with van der Waals surface area (Å²) in [6, 6.07) is 1.43. The van der Waals surface area contributed by atoms with E-state index in [2.05, 4.69) is 31.1 Å². The molecule has 1 atom stereocenters. The van der Waals surface area contributed by atoms with E-state index in [9.17, 15) is 0 Å². The molecule has 1 saturated carbocycles. The van der Waals surface area contributed by atoms with E-state index in [0.29, 0.717) is 6.04 Å². The first-order chi connectivity index (χ1) is 8.65. The number of rotatable bonds is 8. The van der Waals surface area contributed by atoms with E-state index in [-0.39, 0.29) is 0 Å². The number of nitrogens with zero attached hydrogens (tertiary/aromatic N) is 1. The summed E-state index contributed by atoms with van der Waals surface area (Å²) in [6.07, 6.45) is 6.68. The van der Waals surface area contributed by atoms with Crippen LogP contribution in [0.3, 0.4) is 0 Å². The maximum Gasteiger partial charge on any atom is 0.0474 e. The van der Waals surface area contributed by atoms with Crippen molar-refractivity contribution in [3.63, 3.8) is 0 Å². The zero-order valence-corrected chi connectivity index (χ0v) is 12.7. The largest absolute Gasteiger partial charge is 0.385 e. The lowest BCUT2D eigenvalue weighted by Crippen LogP contribution is -2.45. The van der Waals surface area contributed by atoms with Gasteiger partial charge >= 0.3 is 0 Å². The molecule has 3 nitrogen and oxygen atoms in total. The van der Waals surface area contributed by atoms with Crippen LogP contribution >= 0.6 is 0 Å². The fourth-order valence-corrected chi connectivity index (χ4v) is 2.81. The number of methoxy groups -OCH3 is 1. The minimum atomic E-state index is 0.631. The number of nitrogens with one attached hydrogen (secondary N) is 1. The third-order valence-electron chi connectivity index (χ3n) is 4.40. The smallest absolute Gasteiger partial charge is 0.0474 e. The number of hydrogen-bond acceptors (Lipinski definition) is 3. The molecule has 0 aromatic carbocycles. The van der Waals surface area contributed by atoms with E-state index in [4.69, 9.17) is 4.74 Å². The van der Waals surface area contributed by atoms with Crippen molar-refractivity contribution in [2.24, 2.45) is 5.92 Å². The highest BCUT2D eigenvalue weighted by Gasteiger charge is 2.24. The molecule has 0 bridgehead atoms. The second-order valence-electron chi connectivity index (χ2n) is 5.98. The van der Waals surface area contributed by atoms with Gasteiger partial charge in [0.2, 0.25) is 0 Å². The van der Waals surface area contributed by atoms with Gasteiger partial charge in [-0.25, -0.2) is 0 Å². The Kier molecular flexibility index (Phi) is 7.87. The minimum Gasteiger partial charge on any atom is -0.385 e. The molecule has 0 aromatic rings. The molecule has 1 rings (SSSR count). The SMILES string of the molecule is COCCCNCC(C)N(C)C1CCC(C)CC1. The first-order valence-corrected chi connectivity index (χ1v) is 7.56. The summed E-state index contributed by atoms with van der Waals surface area (Å²) in [7, 11) is 4.06. The van der Waals surface area contributed by atoms with Crippen LogP contribution in [0, 0.1) is 5.92 Å². The molecule has 0 aliphatic heterocycles. The highest BCUT2D eigenvalue weighted by molar-refractivity contribution is 4.80. The molecule has 0 heterocycles. The van der Waals surface area contributed by atoms with Crippen molar-refractivity contribution < 1.29 is 4.74 Å². The van der Waals surface area contributed by atoms with Gasteiger partial charge in [-0.1, -0.05) is 6.92 Å². The van der Waals surface area contributed by atoms with Crippen LogP contribution in [0.1, 0.15) is 46.0 Å². The summed E-state index contributed by atoms with van der Waals surface area (Å²) in [4.78, 5) is 2.58. The Morgan fingerprint density at radius 1 is 1.28 bits per heavy atom. The first kappa shape index (κ1) is 15.9. The summed E-state index contributed by atoms with van der Waals surface area (Å²) in [5.74, 6) is 0.942. The van der Waals surface area contributed by atoms with Crippen LogP contribution in [0.2, 0.25) is 0 Å². The van der Waals surface area contributed by atoms with Crippen molar-refractivity contribution in [1.29, 1.82) is 0 Å². The van der Waals surface area contributed by atoms with Crippen molar-refractivity contribution in [3.8, 4) is 0 Å². The van der Waals surface area contributed by atoms with Crippen LogP contribution in [0.25, 0.3) is 0 Å². The van der Waals surface area contributed by atoms with Crippen molar-refractivity contribution >= 4 is 0 Å². The van der Waals surface area contributed by atoms with Gasteiger partial charge < -0.3 is 10.1 Å². The fourth-order valence-electron chi connectivity index (χ4n) is 2.81. The molecule has 108 valence electrons. The third kappa shape index (κ3) is 5.68. The lowest BCUT2D eigenvalue weighted by molar-refractivity contribution is 0.129. The molecular weight excluding hydrogens is 224 g/mol. The van der Waals surface area contributed by atoms with Crippen LogP contribution in [-0.4, -0.2) is 50.8 Å². The van der Waals surface area contributed by atoms with Gasteiger partial charge in [0.15, 0.2) is 0 Å². The average Bonchev–Trinajstić information content (AvgIpc) is 2.38. The lowest BCUT2D eigenvalue weighted by Gasteiger charge is -2.37. The second kappa shape index (κ2) is 8.89. The first-order valence-electron chi connectivity index (χ1n) is 7.56. The topological polar surface area (TPSA) is 24.5 Å². The molecule has 3 heteroatoms. The van der Waals surface area contributed by atoms with E-state index in [1.165, 1.54) is 25.7 Å². The molecule has 0 spiro atoms. The number of hydrogen-bond donors (Lipinski definition) is 1. The van der Waals surface area contributed by atoms with E-state index >= 15 is 0 Å². The Morgan fingerprint density at radius 2 is 1.94 bits per heavy atom. The minimum absolute atomic E-state index is 0.631. The quantitative estimate of drug-likeness (QED) is 0.675. The van der Waals surface area contributed by atoms with Gasteiger partial charge in [-0.3, -0.25) is 4.90 Å². The Labute approximate surface area is 113 Å². The van der Waals surface area contributed by atoms with E-state index < -0.39 is 0 Å². The van der Waals surface area contributed by atoms with E-state index in [0.717, 1.165) is 38.1 Å². The van der Waals surface area contributed by atoms with Crippen molar-refractivity contribution in [2.75, 3.05) is 33.9 Å². The maximum absolute atomic E-state index is 5.05. The molecule has 0 saturated heterocycles. The summed E-state index contributed by atoms with van der Waals surface area (Å²) in [5.41, 5.74) is 0. The molecule has 0 aromatic heterocycles. The molecule has 1 fully saturated rings. The summed E-state index contributed by atoms with van der Waals surface area (Å²) >= 11 is 0. The molecule has 1 aliphatic rings. The summed E-state index contributed by atoms with van der Waals surface area (Å²) in [6.45, 7) is 7.73. The van der Waals surface area contributed by atoms with Crippen molar-refractivity contribution in [1.82, 2.24) is 10.2 Å². The summed E-state index contributed by atoms with van der Waals surface area (Å²) in [5, 5.41) is 3.53. The zero-order valence-electron chi connectivity index (χ0n) is 12.7. The standard InChI is InChI=1S/C15H32N2O/c1-13-6-8-15(9-7-13)17(3)14(2)12-16-10-5-11-18-4/h13-16H,5-12H2,1-4H3. The zero-order chi connectivity index (χ0) is 13.4.